The Morgan fingerprint density at radius 3 is 2.79 bits per heavy atom. The molecule has 3 rings (SSSR count). The SMILES string of the molecule is C=C(/C=C\C1=C(C)NCCC1)CCCCC(F)C1CCN(C(C(=O)O)c2cc(F)ccc2COC)C1.CC. The summed E-state index contributed by atoms with van der Waals surface area (Å²) >= 11 is 0. The molecule has 2 aliphatic heterocycles. The van der Waals surface area contributed by atoms with Crippen LogP contribution in [0.2, 0.25) is 0 Å². The molecule has 0 radical (unpaired) electrons. The summed E-state index contributed by atoms with van der Waals surface area (Å²) in [5, 5.41) is 13.3. The number of alkyl halides is 1. The van der Waals surface area contributed by atoms with E-state index in [2.05, 4.69) is 31.0 Å². The van der Waals surface area contributed by atoms with Crippen LogP contribution in [0.15, 0.2) is 53.8 Å². The Kier molecular flexibility index (Phi) is 13.7. The summed E-state index contributed by atoms with van der Waals surface area (Å²) in [6.45, 7) is 12.3. The fraction of sp³-hybridized carbons (Fsp3) is 0.581. The lowest BCUT2D eigenvalue weighted by Crippen LogP contribution is -2.34. The van der Waals surface area contributed by atoms with Gasteiger partial charge in [-0.15, -0.1) is 0 Å². The fourth-order valence-electron chi connectivity index (χ4n) is 5.23. The lowest BCUT2D eigenvalue weighted by atomic mass is 9.96. The Labute approximate surface area is 227 Å². The van der Waals surface area contributed by atoms with E-state index >= 15 is 4.39 Å². The molecular weight excluding hydrogens is 486 g/mol. The van der Waals surface area contributed by atoms with Gasteiger partial charge in [-0.25, -0.2) is 8.78 Å². The molecule has 0 aromatic heterocycles. The summed E-state index contributed by atoms with van der Waals surface area (Å²) < 4.78 is 34.2. The molecule has 2 heterocycles. The number of rotatable bonds is 13. The van der Waals surface area contributed by atoms with E-state index in [4.69, 9.17) is 4.74 Å². The molecule has 0 aliphatic carbocycles. The van der Waals surface area contributed by atoms with Gasteiger partial charge in [0.1, 0.15) is 18.0 Å². The summed E-state index contributed by atoms with van der Waals surface area (Å²) in [5.41, 5.74) is 4.61. The van der Waals surface area contributed by atoms with Gasteiger partial charge in [-0.3, -0.25) is 9.69 Å². The van der Waals surface area contributed by atoms with Crippen molar-refractivity contribution in [2.45, 2.75) is 84.5 Å². The maximum atomic E-state index is 15.1. The first kappa shape index (κ1) is 31.7. The number of likely N-dealkylation sites (tertiary alicyclic amines) is 1. The zero-order valence-corrected chi connectivity index (χ0v) is 23.6. The zero-order valence-electron chi connectivity index (χ0n) is 23.6. The first-order valence-corrected chi connectivity index (χ1v) is 14.0. The maximum absolute atomic E-state index is 15.1. The first-order valence-electron chi connectivity index (χ1n) is 14.0. The molecule has 0 bridgehead atoms. The predicted octanol–water partition coefficient (Wildman–Crippen LogP) is 7.11. The van der Waals surface area contributed by atoms with E-state index in [1.165, 1.54) is 30.5 Å². The van der Waals surface area contributed by atoms with E-state index in [1.54, 1.807) is 11.0 Å². The van der Waals surface area contributed by atoms with Crippen LogP contribution < -0.4 is 5.32 Å². The number of allylic oxidation sites excluding steroid dienone is 5. The Hall–Kier alpha value is -2.51. The zero-order chi connectivity index (χ0) is 28.1. The second kappa shape index (κ2) is 16.5. The second-order valence-electron chi connectivity index (χ2n) is 9.99. The third-order valence-corrected chi connectivity index (χ3v) is 7.31. The molecule has 0 amide bonds. The van der Waals surface area contributed by atoms with E-state index in [9.17, 15) is 14.3 Å². The van der Waals surface area contributed by atoms with Crippen molar-refractivity contribution in [3.05, 3.63) is 70.7 Å². The predicted molar refractivity (Wildman–Crippen MR) is 150 cm³/mol. The quantitative estimate of drug-likeness (QED) is 0.209. The van der Waals surface area contributed by atoms with Crippen LogP contribution in [0.3, 0.4) is 0 Å². The topological polar surface area (TPSA) is 61.8 Å². The van der Waals surface area contributed by atoms with Crippen molar-refractivity contribution in [2.24, 2.45) is 5.92 Å². The molecule has 1 aromatic rings. The van der Waals surface area contributed by atoms with Gasteiger partial charge < -0.3 is 15.2 Å². The van der Waals surface area contributed by atoms with Crippen molar-refractivity contribution in [2.75, 3.05) is 26.7 Å². The van der Waals surface area contributed by atoms with Gasteiger partial charge in [-0.1, -0.05) is 50.6 Å². The molecular formula is C31H46F2N2O3. The molecule has 2 aliphatic rings. The minimum Gasteiger partial charge on any atom is -0.480 e. The van der Waals surface area contributed by atoms with Crippen molar-refractivity contribution in [1.82, 2.24) is 10.2 Å². The Bertz CT molecular complexity index is 976. The molecule has 1 aromatic carbocycles. The van der Waals surface area contributed by atoms with Crippen LogP contribution in [0.5, 0.6) is 0 Å². The molecule has 3 unspecified atom stereocenters. The molecule has 1 saturated heterocycles. The average molecular weight is 533 g/mol. The number of carbonyl (C=O) groups is 1. The van der Waals surface area contributed by atoms with E-state index in [-0.39, 0.29) is 12.5 Å². The largest absolute Gasteiger partial charge is 0.480 e. The van der Waals surface area contributed by atoms with Gasteiger partial charge >= 0.3 is 5.97 Å². The molecule has 38 heavy (non-hydrogen) atoms. The number of ether oxygens (including phenoxy) is 1. The van der Waals surface area contributed by atoms with Crippen LogP contribution in [-0.2, 0) is 16.1 Å². The van der Waals surface area contributed by atoms with E-state index < -0.39 is 24.0 Å². The van der Waals surface area contributed by atoms with E-state index in [1.807, 2.05) is 13.8 Å². The maximum Gasteiger partial charge on any atom is 0.325 e. The molecule has 1 fully saturated rings. The molecule has 0 spiro atoms. The van der Waals surface area contributed by atoms with Gasteiger partial charge in [0, 0.05) is 31.8 Å². The highest BCUT2D eigenvalue weighted by Gasteiger charge is 2.37. The Morgan fingerprint density at radius 2 is 2.11 bits per heavy atom. The van der Waals surface area contributed by atoms with Gasteiger partial charge in [-0.05, 0) is 80.8 Å². The molecule has 3 atom stereocenters. The van der Waals surface area contributed by atoms with Gasteiger partial charge in [0.05, 0.1) is 6.61 Å². The van der Waals surface area contributed by atoms with Gasteiger partial charge in [0.25, 0.3) is 0 Å². The van der Waals surface area contributed by atoms with E-state index in [0.717, 1.165) is 44.2 Å². The number of hydrogen-bond acceptors (Lipinski definition) is 4. The van der Waals surface area contributed by atoms with Crippen LogP contribution in [-0.4, -0.2) is 48.9 Å². The third-order valence-electron chi connectivity index (χ3n) is 7.31. The third kappa shape index (κ3) is 9.35. The molecule has 0 saturated carbocycles. The number of hydrogen-bond donors (Lipinski definition) is 2. The van der Waals surface area contributed by atoms with Crippen molar-refractivity contribution in [3.63, 3.8) is 0 Å². The molecule has 7 heteroatoms. The summed E-state index contributed by atoms with van der Waals surface area (Å²) in [5.74, 6) is -1.77. The average Bonchev–Trinajstić information content (AvgIpc) is 3.38. The number of nitrogens with one attached hydrogen (secondary N) is 1. The summed E-state index contributed by atoms with van der Waals surface area (Å²) in [6, 6.07) is 3.10. The monoisotopic (exact) mass is 532 g/mol. The lowest BCUT2D eigenvalue weighted by Gasteiger charge is -2.27. The number of unbranched alkanes of at least 4 members (excludes halogenated alkanes) is 1. The highest BCUT2D eigenvalue weighted by Crippen LogP contribution is 2.34. The lowest BCUT2D eigenvalue weighted by molar-refractivity contribution is -0.143. The van der Waals surface area contributed by atoms with Gasteiger partial charge in [0.2, 0.25) is 0 Å². The normalized spacial score (nSPS) is 19.6. The summed E-state index contributed by atoms with van der Waals surface area (Å²) in [6.07, 6.45) is 8.98. The number of halogens is 2. The Morgan fingerprint density at radius 1 is 1.34 bits per heavy atom. The molecule has 2 N–H and O–H groups in total. The van der Waals surface area contributed by atoms with Crippen molar-refractivity contribution in [3.8, 4) is 0 Å². The van der Waals surface area contributed by atoms with Crippen molar-refractivity contribution < 1.29 is 23.4 Å². The standard InChI is InChI=1S/C29H40F2N2O3.C2H6/c1-20(10-11-22-8-6-15-32-21(22)2)7-4-5-9-27(31)23-14-16-33(18-23)28(29(34)35)26-17-25(30)13-12-24(26)19-36-3;1-2/h10-13,17,23,27-28,32H,1,4-9,14-16,18-19H2,2-3H3,(H,34,35);1-2H3/b11-10-;. The number of nitrogens with zero attached hydrogens (tertiary/aromatic N) is 1. The highest BCUT2D eigenvalue weighted by atomic mass is 19.1. The van der Waals surface area contributed by atoms with Gasteiger partial charge in [-0.2, -0.15) is 0 Å². The van der Waals surface area contributed by atoms with E-state index in [0.29, 0.717) is 37.1 Å². The smallest absolute Gasteiger partial charge is 0.325 e. The summed E-state index contributed by atoms with van der Waals surface area (Å²) in [7, 11) is 1.51. The van der Waals surface area contributed by atoms with Crippen LogP contribution in [0.4, 0.5) is 8.78 Å². The number of benzene rings is 1. The van der Waals surface area contributed by atoms with Crippen LogP contribution in [0.25, 0.3) is 0 Å². The number of carboxylic acids is 1. The minimum absolute atomic E-state index is 0.191. The number of aliphatic carboxylic acids is 1. The second-order valence-corrected chi connectivity index (χ2v) is 9.99. The van der Waals surface area contributed by atoms with Crippen molar-refractivity contribution >= 4 is 5.97 Å². The molecule has 5 nitrogen and oxygen atoms in total. The Balaban J connectivity index is 0.00000247. The number of carboxylic acid groups (broad SMARTS) is 1. The molecule has 212 valence electrons. The van der Waals surface area contributed by atoms with Crippen LogP contribution in [0, 0.1) is 11.7 Å². The minimum atomic E-state index is -1.06. The first-order chi connectivity index (χ1) is 18.3. The number of methoxy groups -OCH3 is 1. The summed E-state index contributed by atoms with van der Waals surface area (Å²) in [4.78, 5) is 13.9. The van der Waals surface area contributed by atoms with Crippen molar-refractivity contribution in [1.29, 1.82) is 0 Å². The fourth-order valence-corrected chi connectivity index (χ4v) is 5.23. The highest BCUT2D eigenvalue weighted by molar-refractivity contribution is 5.76. The van der Waals surface area contributed by atoms with Gasteiger partial charge in [0.15, 0.2) is 0 Å². The van der Waals surface area contributed by atoms with Crippen LogP contribution in [0.1, 0.15) is 82.9 Å². The van der Waals surface area contributed by atoms with Crippen LogP contribution >= 0.6 is 0 Å².